The first-order valence-corrected chi connectivity index (χ1v) is 7.24. The van der Waals surface area contributed by atoms with Gasteiger partial charge in [0.2, 0.25) is 0 Å². The van der Waals surface area contributed by atoms with Crippen LogP contribution in [0.25, 0.3) is 0 Å². The first-order chi connectivity index (χ1) is 10.1. The summed E-state index contributed by atoms with van der Waals surface area (Å²) >= 11 is 0. The second kappa shape index (κ2) is 5.63. The van der Waals surface area contributed by atoms with Crippen molar-refractivity contribution >= 4 is 5.91 Å². The van der Waals surface area contributed by atoms with E-state index in [1.54, 1.807) is 24.5 Å². The minimum atomic E-state index is 0.0663. The number of hydrogen-bond donors (Lipinski definition) is 0. The number of nitrogens with zero attached hydrogens (tertiary/aromatic N) is 5. The molecule has 0 aromatic carbocycles. The van der Waals surface area contributed by atoms with Gasteiger partial charge in [-0.2, -0.15) is 5.10 Å². The first kappa shape index (κ1) is 13.7. The van der Waals surface area contributed by atoms with E-state index in [1.165, 1.54) is 0 Å². The number of rotatable bonds is 2. The highest BCUT2D eigenvalue weighted by molar-refractivity contribution is 5.94. The number of aromatic nitrogens is 4. The van der Waals surface area contributed by atoms with Gasteiger partial charge in [0.15, 0.2) is 0 Å². The van der Waals surface area contributed by atoms with Crippen LogP contribution < -0.4 is 0 Å². The van der Waals surface area contributed by atoms with Gasteiger partial charge in [0.05, 0.1) is 6.04 Å². The van der Waals surface area contributed by atoms with Crippen molar-refractivity contribution < 1.29 is 4.79 Å². The molecule has 1 fully saturated rings. The summed E-state index contributed by atoms with van der Waals surface area (Å²) in [6.45, 7) is 5.34. The van der Waals surface area contributed by atoms with E-state index in [1.807, 2.05) is 23.4 Å². The third-order valence-corrected chi connectivity index (χ3v) is 3.86. The van der Waals surface area contributed by atoms with Gasteiger partial charge < -0.3 is 4.90 Å². The molecule has 1 amide bonds. The van der Waals surface area contributed by atoms with Gasteiger partial charge in [0.1, 0.15) is 11.6 Å². The molecule has 6 heteroatoms. The number of pyridine rings is 1. The van der Waals surface area contributed by atoms with E-state index in [4.69, 9.17) is 0 Å². The van der Waals surface area contributed by atoms with Crippen molar-refractivity contribution in [3.05, 3.63) is 41.7 Å². The van der Waals surface area contributed by atoms with Crippen LogP contribution in [-0.2, 0) is 0 Å². The van der Waals surface area contributed by atoms with E-state index in [0.717, 1.165) is 31.0 Å². The lowest BCUT2D eigenvalue weighted by Gasteiger charge is -2.33. The molecule has 6 nitrogen and oxygen atoms in total. The molecule has 1 atom stereocenters. The normalized spacial score (nSPS) is 18.8. The lowest BCUT2D eigenvalue weighted by molar-refractivity contribution is 0.0671. The number of likely N-dealkylation sites (tertiary alicyclic amines) is 1. The van der Waals surface area contributed by atoms with Crippen molar-refractivity contribution in [1.29, 1.82) is 0 Å². The molecular weight excluding hydrogens is 266 g/mol. The fourth-order valence-corrected chi connectivity index (χ4v) is 2.90. The van der Waals surface area contributed by atoms with Gasteiger partial charge in [0.25, 0.3) is 5.91 Å². The van der Waals surface area contributed by atoms with Crippen LogP contribution in [-0.4, -0.2) is 43.6 Å². The molecular formula is C15H19N5O. The molecule has 0 aliphatic carbocycles. The van der Waals surface area contributed by atoms with Crippen molar-refractivity contribution in [3.8, 4) is 0 Å². The van der Waals surface area contributed by atoms with Crippen LogP contribution in [0, 0.1) is 13.8 Å². The van der Waals surface area contributed by atoms with Gasteiger partial charge in [0, 0.05) is 31.0 Å². The maximum absolute atomic E-state index is 12.5. The molecule has 21 heavy (non-hydrogen) atoms. The summed E-state index contributed by atoms with van der Waals surface area (Å²) in [4.78, 5) is 22.7. The summed E-state index contributed by atoms with van der Waals surface area (Å²) in [6, 6.07) is 3.74. The average Bonchev–Trinajstić information content (AvgIpc) is 2.86. The van der Waals surface area contributed by atoms with E-state index in [0.29, 0.717) is 12.1 Å². The van der Waals surface area contributed by atoms with E-state index in [2.05, 4.69) is 15.1 Å². The van der Waals surface area contributed by atoms with Crippen molar-refractivity contribution in [2.24, 2.45) is 0 Å². The van der Waals surface area contributed by atoms with E-state index < -0.39 is 0 Å². The second-order valence-corrected chi connectivity index (χ2v) is 5.43. The Bertz CT molecular complexity index is 637. The van der Waals surface area contributed by atoms with Crippen LogP contribution in [0.4, 0.5) is 0 Å². The van der Waals surface area contributed by atoms with Gasteiger partial charge in [-0.3, -0.25) is 9.78 Å². The summed E-state index contributed by atoms with van der Waals surface area (Å²) in [6.07, 6.45) is 5.32. The Morgan fingerprint density at radius 1 is 1.29 bits per heavy atom. The van der Waals surface area contributed by atoms with Crippen LogP contribution in [0.2, 0.25) is 0 Å². The maximum Gasteiger partial charge on any atom is 0.254 e. The maximum atomic E-state index is 12.5. The van der Waals surface area contributed by atoms with Crippen molar-refractivity contribution in [1.82, 2.24) is 24.6 Å². The third kappa shape index (κ3) is 2.79. The molecule has 0 spiro atoms. The Morgan fingerprint density at radius 3 is 2.71 bits per heavy atom. The molecule has 1 aliphatic heterocycles. The van der Waals surface area contributed by atoms with E-state index >= 15 is 0 Å². The van der Waals surface area contributed by atoms with Gasteiger partial charge >= 0.3 is 0 Å². The highest BCUT2D eigenvalue weighted by Gasteiger charge is 2.27. The smallest absolute Gasteiger partial charge is 0.254 e. The number of carbonyl (C=O) groups excluding carboxylic acids is 1. The minimum Gasteiger partial charge on any atom is -0.336 e. The highest BCUT2D eigenvalue weighted by Crippen LogP contribution is 2.23. The molecule has 0 saturated carbocycles. The average molecular weight is 285 g/mol. The lowest BCUT2D eigenvalue weighted by atomic mass is 10.0. The van der Waals surface area contributed by atoms with Gasteiger partial charge in [-0.05, 0) is 38.8 Å². The highest BCUT2D eigenvalue weighted by atomic mass is 16.2. The molecule has 0 radical (unpaired) electrons. The molecule has 110 valence electrons. The van der Waals surface area contributed by atoms with E-state index in [-0.39, 0.29) is 11.9 Å². The molecule has 0 bridgehead atoms. The zero-order chi connectivity index (χ0) is 14.8. The number of carbonyl (C=O) groups is 1. The first-order valence-electron chi connectivity index (χ1n) is 7.24. The molecule has 1 saturated heterocycles. The van der Waals surface area contributed by atoms with Crippen molar-refractivity contribution in [2.75, 3.05) is 13.1 Å². The van der Waals surface area contributed by atoms with Crippen molar-refractivity contribution in [3.63, 3.8) is 0 Å². The monoisotopic (exact) mass is 285 g/mol. The van der Waals surface area contributed by atoms with Crippen LogP contribution in [0.15, 0.2) is 24.5 Å². The molecule has 1 aliphatic rings. The van der Waals surface area contributed by atoms with Crippen LogP contribution in [0.3, 0.4) is 0 Å². The SMILES string of the molecule is Cc1nc(C)n(C2CCCN(C(=O)c3ccncc3)C2)n1. The second-order valence-electron chi connectivity index (χ2n) is 5.43. The third-order valence-electron chi connectivity index (χ3n) is 3.86. The minimum absolute atomic E-state index is 0.0663. The molecule has 2 aromatic heterocycles. The summed E-state index contributed by atoms with van der Waals surface area (Å²) in [5.74, 6) is 1.76. The van der Waals surface area contributed by atoms with Gasteiger partial charge in [-0.1, -0.05) is 0 Å². The quantitative estimate of drug-likeness (QED) is 0.843. The molecule has 1 unspecified atom stereocenters. The number of hydrogen-bond acceptors (Lipinski definition) is 4. The predicted octanol–water partition coefficient (Wildman–Crippen LogP) is 1.77. The molecule has 2 aromatic rings. The zero-order valence-electron chi connectivity index (χ0n) is 12.4. The summed E-state index contributed by atoms with van der Waals surface area (Å²) in [5.41, 5.74) is 0.692. The topological polar surface area (TPSA) is 63.9 Å². The van der Waals surface area contributed by atoms with Crippen LogP contribution in [0.5, 0.6) is 0 Å². The van der Waals surface area contributed by atoms with Gasteiger partial charge in [-0.15, -0.1) is 0 Å². The van der Waals surface area contributed by atoms with Crippen LogP contribution in [0.1, 0.15) is 40.9 Å². The van der Waals surface area contributed by atoms with E-state index in [9.17, 15) is 4.79 Å². The summed E-state index contributed by atoms with van der Waals surface area (Å²) in [7, 11) is 0. The van der Waals surface area contributed by atoms with Gasteiger partial charge in [-0.25, -0.2) is 9.67 Å². The van der Waals surface area contributed by atoms with Crippen LogP contribution >= 0.6 is 0 Å². The van der Waals surface area contributed by atoms with Crippen molar-refractivity contribution in [2.45, 2.75) is 32.7 Å². The number of aryl methyl sites for hydroxylation is 2. The fraction of sp³-hybridized carbons (Fsp3) is 0.467. The number of piperidine rings is 1. The standard InChI is InChI=1S/C15H19N5O/c1-11-17-12(2)20(18-11)14-4-3-9-19(10-14)15(21)13-5-7-16-8-6-13/h5-8,14H,3-4,9-10H2,1-2H3. The summed E-state index contributed by atoms with van der Waals surface area (Å²) < 4.78 is 1.96. The Kier molecular flexibility index (Phi) is 3.68. The fourth-order valence-electron chi connectivity index (χ4n) is 2.90. The Hall–Kier alpha value is -2.24. The Morgan fingerprint density at radius 2 is 2.05 bits per heavy atom. The Labute approximate surface area is 123 Å². The molecule has 0 N–H and O–H groups in total. The predicted molar refractivity (Wildman–Crippen MR) is 77.9 cm³/mol. The largest absolute Gasteiger partial charge is 0.336 e. The molecule has 3 heterocycles. The molecule has 3 rings (SSSR count). The Balaban J connectivity index is 1.77. The zero-order valence-corrected chi connectivity index (χ0v) is 12.4. The number of amides is 1. The lowest BCUT2D eigenvalue weighted by Crippen LogP contribution is -2.41. The summed E-state index contributed by atoms with van der Waals surface area (Å²) in [5, 5.41) is 4.46.